The lowest BCUT2D eigenvalue weighted by atomic mass is 10.1. The maximum atomic E-state index is 10.8. The van der Waals surface area contributed by atoms with Gasteiger partial charge in [0.25, 0.3) is 0 Å². The van der Waals surface area contributed by atoms with Crippen LogP contribution in [0.5, 0.6) is 5.75 Å². The Labute approximate surface area is 98.8 Å². The minimum Gasteiger partial charge on any atom is -0.493 e. The number of aldehydes is 1. The maximum absolute atomic E-state index is 10.8. The van der Waals surface area contributed by atoms with E-state index < -0.39 is 0 Å². The summed E-state index contributed by atoms with van der Waals surface area (Å²) in [6.45, 7) is 4.94. The molecule has 0 saturated heterocycles. The molecule has 0 aliphatic rings. The van der Waals surface area contributed by atoms with Crippen LogP contribution in [-0.4, -0.2) is 12.9 Å². The molecule has 0 bridgehead atoms. The first kappa shape index (κ1) is 12.2. The average Bonchev–Trinajstić information content (AvgIpc) is 2.19. The Kier molecular flexibility index (Phi) is 4.82. The van der Waals surface area contributed by atoms with Gasteiger partial charge in [0.05, 0.1) is 12.2 Å². The highest BCUT2D eigenvalue weighted by atomic mass is 79.9. The van der Waals surface area contributed by atoms with E-state index in [1.54, 1.807) is 6.07 Å². The molecule has 0 aliphatic carbocycles. The predicted octanol–water partition coefficient (Wildman–Crippen LogP) is 3.69. The molecule has 2 nitrogen and oxygen atoms in total. The molecule has 1 aromatic rings. The van der Waals surface area contributed by atoms with Crippen molar-refractivity contribution in [3.8, 4) is 5.75 Å². The summed E-state index contributed by atoms with van der Waals surface area (Å²) >= 11 is 3.31. The first-order chi connectivity index (χ1) is 7.13. The third-order valence-corrected chi connectivity index (χ3v) is 2.54. The zero-order valence-corrected chi connectivity index (χ0v) is 10.6. The van der Waals surface area contributed by atoms with Crippen LogP contribution in [0.4, 0.5) is 0 Å². The molecule has 3 heteroatoms. The molecule has 0 radical (unpaired) electrons. The van der Waals surface area contributed by atoms with Crippen LogP contribution in [0.2, 0.25) is 0 Å². The van der Waals surface area contributed by atoms with Crippen LogP contribution < -0.4 is 4.74 Å². The summed E-state index contributed by atoms with van der Waals surface area (Å²) in [5.41, 5.74) is 0.591. The summed E-state index contributed by atoms with van der Waals surface area (Å²) in [5.74, 6) is 1.27. The fraction of sp³-hybridized carbons (Fsp3) is 0.417. The lowest BCUT2D eigenvalue weighted by molar-refractivity contribution is 0.111. The van der Waals surface area contributed by atoms with Crippen molar-refractivity contribution in [2.24, 2.45) is 5.92 Å². The number of benzene rings is 1. The lowest BCUT2D eigenvalue weighted by Crippen LogP contribution is -2.03. The SMILES string of the molecule is CC(C)CCOc1ccc(Br)cc1C=O. The third kappa shape index (κ3) is 4.04. The quantitative estimate of drug-likeness (QED) is 0.763. The molecular formula is C12H15BrO2. The normalized spacial score (nSPS) is 10.4. The van der Waals surface area contributed by atoms with Gasteiger partial charge in [-0.05, 0) is 30.5 Å². The van der Waals surface area contributed by atoms with Crippen molar-refractivity contribution in [2.45, 2.75) is 20.3 Å². The predicted molar refractivity (Wildman–Crippen MR) is 64.5 cm³/mol. The first-order valence-corrected chi connectivity index (χ1v) is 5.80. The second-order valence-corrected chi connectivity index (χ2v) is 4.75. The molecular weight excluding hydrogens is 256 g/mol. The van der Waals surface area contributed by atoms with Crippen molar-refractivity contribution in [1.82, 2.24) is 0 Å². The smallest absolute Gasteiger partial charge is 0.153 e. The molecule has 0 aliphatic heterocycles. The standard InChI is InChI=1S/C12H15BrO2/c1-9(2)5-6-15-12-4-3-11(13)7-10(12)8-14/h3-4,7-9H,5-6H2,1-2H3. The fourth-order valence-electron chi connectivity index (χ4n) is 1.15. The van der Waals surface area contributed by atoms with Gasteiger partial charge in [0, 0.05) is 4.47 Å². The van der Waals surface area contributed by atoms with Gasteiger partial charge in [0.1, 0.15) is 5.75 Å². The van der Waals surface area contributed by atoms with Crippen molar-refractivity contribution < 1.29 is 9.53 Å². The molecule has 0 unspecified atom stereocenters. The van der Waals surface area contributed by atoms with Gasteiger partial charge < -0.3 is 4.74 Å². The summed E-state index contributed by atoms with van der Waals surface area (Å²) in [6.07, 6.45) is 1.81. The van der Waals surface area contributed by atoms with E-state index in [1.807, 2.05) is 12.1 Å². The topological polar surface area (TPSA) is 26.3 Å². The summed E-state index contributed by atoms with van der Waals surface area (Å²) in [4.78, 5) is 10.8. The number of rotatable bonds is 5. The second-order valence-electron chi connectivity index (χ2n) is 3.83. The Morgan fingerprint density at radius 3 is 2.80 bits per heavy atom. The second kappa shape index (κ2) is 5.91. The largest absolute Gasteiger partial charge is 0.493 e. The number of halogens is 1. The summed E-state index contributed by atoms with van der Waals surface area (Å²) in [6, 6.07) is 5.45. The Hall–Kier alpha value is -0.830. The van der Waals surface area contributed by atoms with Gasteiger partial charge in [0.15, 0.2) is 6.29 Å². The molecule has 0 amide bonds. The average molecular weight is 271 g/mol. The molecule has 0 atom stereocenters. The Morgan fingerprint density at radius 1 is 1.47 bits per heavy atom. The first-order valence-electron chi connectivity index (χ1n) is 5.01. The summed E-state index contributed by atoms with van der Waals surface area (Å²) in [7, 11) is 0. The molecule has 1 aromatic carbocycles. The van der Waals surface area contributed by atoms with Gasteiger partial charge >= 0.3 is 0 Å². The van der Waals surface area contributed by atoms with Crippen molar-refractivity contribution in [3.63, 3.8) is 0 Å². The third-order valence-electron chi connectivity index (χ3n) is 2.05. The zero-order valence-electron chi connectivity index (χ0n) is 9.00. The minimum absolute atomic E-state index is 0.591. The van der Waals surface area contributed by atoms with E-state index in [9.17, 15) is 4.79 Å². The fourth-order valence-corrected chi connectivity index (χ4v) is 1.53. The van der Waals surface area contributed by atoms with Gasteiger partial charge in [-0.2, -0.15) is 0 Å². The van der Waals surface area contributed by atoms with Gasteiger partial charge in [0.2, 0.25) is 0 Å². The van der Waals surface area contributed by atoms with Gasteiger partial charge in [-0.3, -0.25) is 4.79 Å². The zero-order chi connectivity index (χ0) is 11.3. The van der Waals surface area contributed by atoms with Crippen LogP contribution >= 0.6 is 15.9 Å². The molecule has 0 saturated carbocycles. The molecule has 0 spiro atoms. The van der Waals surface area contributed by atoms with E-state index in [0.29, 0.717) is 23.8 Å². The van der Waals surface area contributed by atoms with Gasteiger partial charge in [-0.1, -0.05) is 29.8 Å². The molecule has 0 fully saturated rings. The highest BCUT2D eigenvalue weighted by Crippen LogP contribution is 2.22. The number of ether oxygens (including phenoxy) is 1. The highest BCUT2D eigenvalue weighted by molar-refractivity contribution is 9.10. The molecule has 82 valence electrons. The highest BCUT2D eigenvalue weighted by Gasteiger charge is 2.03. The van der Waals surface area contributed by atoms with Crippen LogP contribution in [0.15, 0.2) is 22.7 Å². The number of carbonyl (C=O) groups is 1. The number of hydrogen-bond donors (Lipinski definition) is 0. The molecule has 0 heterocycles. The summed E-state index contributed by atoms with van der Waals surface area (Å²) in [5, 5.41) is 0. The van der Waals surface area contributed by atoms with E-state index in [4.69, 9.17) is 4.74 Å². The van der Waals surface area contributed by atoms with E-state index in [0.717, 1.165) is 17.2 Å². The van der Waals surface area contributed by atoms with E-state index in [1.165, 1.54) is 0 Å². The molecule has 15 heavy (non-hydrogen) atoms. The van der Waals surface area contributed by atoms with E-state index in [-0.39, 0.29) is 0 Å². The number of carbonyl (C=O) groups excluding carboxylic acids is 1. The minimum atomic E-state index is 0.591. The van der Waals surface area contributed by atoms with Crippen LogP contribution in [0.3, 0.4) is 0 Å². The van der Waals surface area contributed by atoms with Crippen LogP contribution in [0, 0.1) is 5.92 Å². The molecule has 0 N–H and O–H groups in total. The lowest BCUT2D eigenvalue weighted by Gasteiger charge is -2.09. The van der Waals surface area contributed by atoms with Gasteiger partial charge in [-0.15, -0.1) is 0 Å². The van der Waals surface area contributed by atoms with Crippen molar-refractivity contribution in [2.75, 3.05) is 6.61 Å². The molecule has 1 rings (SSSR count). The Morgan fingerprint density at radius 2 is 2.20 bits per heavy atom. The van der Waals surface area contributed by atoms with Gasteiger partial charge in [-0.25, -0.2) is 0 Å². The van der Waals surface area contributed by atoms with Crippen LogP contribution in [0.1, 0.15) is 30.6 Å². The molecule has 0 aromatic heterocycles. The maximum Gasteiger partial charge on any atom is 0.153 e. The van der Waals surface area contributed by atoms with Crippen LogP contribution in [0.25, 0.3) is 0 Å². The summed E-state index contributed by atoms with van der Waals surface area (Å²) < 4.78 is 6.43. The monoisotopic (exact) mass is 270 g/mol. The van der Waals surface area contributed by atoms with Crippen molar-refractivity contribution >= 4 is 22.2 Å². The number of hydrogen-bond acceptors (Lipinski definition) is 2. The van der Waals surface area contributed by atoms with Crippen molar-refractivity contribution in [1.29, 1.82) is 0 Å². The van der Waals surface area contributed by atoms with Crippen molar-refractivity contribution in [3.05, 3.63) is 28.2 Å². The van der Waals surface area contributed by atoms with E-state index in [2.05, 4.69) is 29.8 Å². The Balaban J connectivity index is 2.64. The van der Waals surface area contributed by atoms with Crippen LogP contribution in [-0.2, 0) is 0 Å². The van der Waals surface area contributed by atoms with E-state index >= 15 is 0 Å². The Bertz CT molecular complexity index is 334.